The predicted molar refractivity (Wildman–Crippen MR) is 79.5 cm³/mol. The molecule has 0 unspecified atom stereocenters. The van der Waals surface area contributed by atoms with Gasteiger partial charge in [-0.3, -0.25) is 0 Å². The van der Waals surface area contributed by atoms with Crippen LogP contribution >= 0.6 is 0 Å². The van der Waals surface area contributed by atoms with Crippen LogP contribution in [0.1, 0.15) is 38.9 Å². The summed E-state index contributed by atoms with van der Waals surface area (Å²) in [6.45, 7) is 4.83. The third-order valence-electron chi connectivity index (χ3n) is 3.87. The van der Waals surface area contributed by atoms with Gasteiger partial charge in [0.05, 0.1) is 12.1 Å². The molecule has 1 fully saturated rings. The van der Waals surface area contributed by atoms with Crippen molar-refractivity contribution in [2.24, 2.45) is 0 Å². The van der Waals surface area contributed by atoms with Crippen LogP contribution in [0.4, 0.5) is 0 Å². The van der Waals surface area contributed by atoms with Crippen molar-refractivity contribution in [3.05, 3.63) is 17.9 Å². The van der Waals surface area contributed by atoms with Gasteiger partial charge < -0.3 is 14.5 Å². The van der Waals surface area contributed by atoms with Gasteiger partial charge in [0.15, 0.2) is 0 Å². The monoisotopic (exact) mass is 316 g/mol. The Hall–Kier alpha value is -0.890. The summed E-state index contributed by atoms with van der Waals surface area (Å²) in [5, 5.41) is 3.13. The molecule has 0 bridgehead atoms. The van der Waals surface area contributed by atoms with Gasteiger partial charge in [-0.05, 0) is 31.4 Å². The van der Waals surface area contributed by atoms with Crippen LogP contribution < -0.4 is 10.0 Å². The maximum Gasteiger partial charge on any atom is 0.274 e. The van der Waals surface area contributed by atoms with E-state index in [0.29, 0.717) is 18.3 Å². The summed E-state index contributed by atoms with van der Waals surface area (Å²) >= 11 is 0. The second kappa shape index (κ2) is 6.48. The summed E-state index contributed by atoms with van der Waals surface area (Å²) in [7, 11) is -2.00. The Kier molecular flexibility index (Phi) is 5.08. The maximum atomic E-state index is 12.2. The van der Waals surface area contributed by atoms with Crippen molar-refractivity contribution < 1.29 is 17.6 Å². The van der Waals surface area contributed by atoms with Crippen LogP contribution in [-0.4, -0.2) is 33.7 Å². The van der Waals surface area contributed by atoms with E-state index in [1.807, 2.05) is 13.8 Å². The molecule has 6 nitrogen and oxygen atoms in total. The third kappa shape index (κ3) is 4.06. The predicted octanol–water partition coefficient (Wildman–Crippen LogP) is 1.62. The normalized spacial score (nSPS) is 17.9. The molecule has 1 heterocycles. The van der Waals surface area contributed by atoms with Crippen LogP contribution in [0.15, 0.2) is 21.6 Å². The highest BCUT2D eigenvalue weighted by atomic mass is 32.2. The number of methoxy groups -OCH3 is 1. The molecule has 0 radical (unpaired) electrons. The molecule has 0 aromatic carbocycles. The van der Waals surface area contributed by atoms with Gasteiger partial charge in [0.25, 0.3) is 10.0 Å². The zero-order valence-electron chi connectivity index (χ0n) is 12.8. The van der Waals surface area contributed by atoms with E-state index in [-0.39, 0.29) is 17.2 Å². The Labute approximate surface area is 126 Å². The summed E-state index contributed by atoms with van der Waals surface area (Å²) in [6, 6.07) is 3.48. The fraction of sp³-hybridized carbons (Fsp3) is 0.714. The molecule has 1 aliphatic carbocycles. The summed E-state index contributed by atoms with van der Waals surface area (Å²) in [5.41, 5.74) is -0.346. The average Bonchev–Trinajstić information content (AvgIpc) is 2.85. The minimum atomic E-state index is -3.62. The highest BCUT2D eigenvalue weighted by molar-refractivity contribution is 7.89. The lowest BCUT2D eigenvalue weighted by atomic mass is 9.80. The van der Waals surface area contributed by atoms with Crippen molar-refractivity contribution in [1.82, 2.24) is 10.0 Å². The number of nitrogens with one attached hydrogen (secondary N) is 2. The molecule has 0 saturated heterocycles. The fourth-order valence-electron chi connectivity index (χ4n) is 2.22. The summed E-state index contributed by atoms with van der Waals surface area (Å²) in [6.07, 6.45) is 2.84. The van der Waals surface area contributed by atoms with Crippen molar-refractivity contribution in [3.8, 4) is 0 Å². The van der Waals surface area contributed by atoms with E-state index in [2.05, 4.69) is 10.0 Å². The van der Waals surface area contributed by atoms with Crippen LogP contribution in [-0.2, 0) is 21.3 Å². The van der Waals surface area contributed by atoms with E-state index in [4.69, 9.17) is 9.15 Å². The molecular weight excluding hydrogens is 292 g/mol. The Balaban J connectivity index is 1.96. The van der Waals surface area contributed by atoms with Gasteiger partial charge in [0, 0.05) is 19.7 Å². The van der Waals surface area contributed by atoms with Crippen LogP contribution in [0, 0.1) is 0 Å². The van der Waals surface area contributed by atoms with Gasteiger partial charge in [0.2, 0.25) is 5.09 Å². The lowest BCUT2D eigenvalue weighted by Crippen LogP contribution is -2.49. The van der Waals surface area contributed by atoms with Crippen LogP contribution in [0.5, 0.6) is 0 Å². The molecular formula is C14H24N2O4S. The Morgan fingerprint density at radius 2 is 2.10 bits per heavy atom. The average molecular weight is 316 g/mol. The van der Waals surface area contributed by atoms with Gasteiger partial charge in [-0.2, -0.15) is 0 Å². The summed E-state index contributed by atoms with van der Waals surface area (Å²) in [4.78, 5) is 0. The molecule has 21 heavy (non-hydrogen) atoms. The number of rotatable bonds is 8. The fourth-order valence-corrected chi connectivity index (χ4v) is 3.28. The molecule has 0 atom stereocenters. The lowest BCUT2D eigenvalue weighted by Gasteiger charge is -2.40. The standard InChI is InChI=1S/C14H24N2O4S/c1-11(2)15-9-12-5-6-13(20-12)21(17,18)16-10-14(19-3)7-4-8-14/h5-6,11,15-16H,4,7-10H2,1-3H3. The topological polar surface area (TPSA) is 80.6 Å². The Bertz CT molecular complexity index is 556. The molecule has 2 N–H and O–H groups in total. The van der Waals surface area contributed by atoms with Gasteiger partial charge in [-0.15, -0.1) is 0 Å². The second-order valence-electron chi connectivity index (χ2n) is 5.82. The van der Waals surface area contributed by atoms with Gasteiger partial charge in [-0.1, -0.05) is 13.8 Å². The van der Waals surface area contributed by atoms with Crippen molar-refractivity contribution >= 4 is 10.0 Å². The molecule has 1 aromatic rings. The first-order valence-electron chi connectivity index (χ1n) is 7.24. The lowest BCUT2D eigenvalue weighted by molar-refractivity contribution is -0.0659. The number of ether oxygens (including phenoxy) is 1. The van der Waals surface area contributed by atoms with Crippen molar-refractivity contribution in [1.29, 1.82) is 0 Å². The van der Waals surface area contributed by atoms with Crippen molar-refractivity contribution in [2.75, 3.05) is 13.7 Å². The highest BCUT2D eigenvalue weighted by Crippen LogP contribution is 2.34. The second-order valence-corrected chi connectivity index (χ2v) is 7.52. The maximum absolute atomic E-state index is 12.2. The van der Waals surface area contributed by atoms with Gasteiger partial charge in [0.1, 0.15) is 5.76 Å². The summed E-state index contributed by atoms with van der Waals surface area (Å²) < 4.78 is 37.8. The molecule has 120 valence electrons. The molecule has 7 heteroatoms. The third-order valence-corrected chi connectivity index (χ3v) is 5.14. The van der Waals surface area contributed by atoms with E-state index >= 15 is 0 Å². The largest absolute Gasteiger partial charge is 0.447 e. The number of furan rings is 1. The Morgan fingerprint density at radius 3 is 2.62 bits per heavy atom. The Morgan fingerprint density at radius 1 is 1.38 bits per heavy atom. The van der Waals surface area contributed by atoms with Crippen molar-refractivity contribution in [2.45, 2.75) is 56.4 Å². The van der Waals surface area contributed by atoms with Crippen molar-refractivity contribution in [3.63, 3.8) is 0 Å². The molecule has 1 aliphatic rings. The van der Waals surface area contributed by atoms with Gasteiger partial charge >= 0.3 is 0 Å². The smallest absolute Gasteiger partial charge is 0.274 e. The zero-order chi connectivity index (χ0) is 15.5. The van der Waals surface area contributed by atoms with E-state index in [0.717, 1.165) is 19.3 Å². The number of hydrogen-bond acceptors (Lipinski definition) is 5. The first-order valence-corrected chi connectivity index (χ1v) is 8.72. The number of sulfonamides is 1. The molecule has 2 rings (SSSR count). The molecule has 0 amide bonds. The molecule has 0 aliphatic heterocycles. The first kappa shape index (κ1) is 16.5. The van der Waals surface area contributed by atoms with Crippen LogP contribution in [0.25, 0.3) is 0 Å². The highest BCUT2D eigenvalue weighted by Gasteiger charge is 2.38. The number of hydrogen-bond donors (Lipinski definition) is 2. The first-order chi connectivity index (χ1) is 9.87. The minimum Gasteiger partial charge on any atom is -0.447 e. The summed E-state index contributed by atoms with van der Waals surface area (Å²) in [5.74, 6) is 0.606. The SMILES string of the molecule is COC1(CNS(=O)(=O)c2ccc(CNC(C)C)o2)CCC1. The van der Waals surface area contributed by atoms with Gasteiger partial charge in [-0.25, -0.2) is 13.1 Å². The van der Waals surface area contributed by atoms with E-state index in [9.17, 15) is 8.42 Å². The van der Waals surface area contributed by atoms with E-state index < -0.39 is 10.0 Å². The zero-order valence-corrected chi connectivity index (χ0v) is 13.6. The van der Waals surface area contributed by atoms with E-state index in [1.165, 1.54) is 6.07 Å². The quantitative estimate of drug-likeness (QED) is 0.762. The molecule has 0 spiro atoms. The minimum absolute atomic E-state index is 0.0476. The molecule has 1 aromatic heterocycles. The van der Waals surface area contributed by atoms with Crippen LogP contribution in [0.3, 0.4) is 0 Å². The van der Waals surface area contributed by atoms with Crippen LogP contribution in [0.2, 0.25) is 0 Å². The molecule has 1 saturated carbocycles. The van der Waals surface area contributed by atoms with E-state index in [1.54, 1.807) is 13.2 Å².